The van der Waals surface area contributed by atoms with Gasteiger partial charge in [-0.2, -0.15) is 0 Å². The Labute approximate surface area is 225 Å². The molecule has 37 heavy (non-hydrogen) atoms. The van der Waals surface area contributed by atoms with Gasteiger partial charge in [0.05, 0.1) is 5.69 Å². The summed E-state index contributed by atoms with van der Waals surface area (Å²) in [5.74, 6) is 3.08. The lowest BCUT2D eigenvalue weighted by Crippen LogP contribution is -2.27. The summed E-state index contributed by atoms with van der Waals surface area (Å²) in [6.45, 7) is 10.2. The second-order valence-electron chi connectivity index (χ2n) is 8.80. The Morgan fingerprint density at radius 3 is 1.95 bits per heavy atom. The third-order valence-electron chi connectivity index (χ3n) is 6.17. The molecule has 4 rings (SSSR count). The smallest absolute Gasteiger partial charge is 0.160 e. The van der Waals surface area contributed by atoms with Gasteiger partial charge in [-0.15, -0.1) is 0 Å². The third-order valence-corrected chi connectivity index (χ3v) is 6.42. The van der Waals surface area contributed by atoms with Gasteiger partial charge in [0.2, 0.25) is 0 Å². The molecule has 1 aromatic heterocycles. The van der Waals surface area contributed by atoms with Crippen LogP contribution >= 0.6 is 11.6 Å². The van der Waals surface area contributed by atoms with Crippen molar-refractivity contribution in [3.05, 3.63) is 89.6 Å². The van der Waals surface area contributed by atoms with Crippen LogP contribution < -0.4 is 9.47 Å². The first-order chi connectivity index (χ1) is 18.1. The fraction of sp³-hybridized carbons (Fsp3) is 0.290. The van der Waals surface area contributed by atoms with Crippen LogP contribution in [0.2, 0.25) is 5.02 Å². The van der Waals surface area contributed by atoms with Crippen molar-refractivity contribution >= 4 is 11.6 Å². The zero-order valence-electron chi connectivity index (χ0n) is 21.8. The van der Waals surface area contributed by atoms with Crippen LogP contribution in [0.1, 0.15) is 32.9 Å². The van der Waals surface area contributed by atoms with Crippen LogP contribution in [0.25, 0.3) is 22.6 Å². The summed E-state index contributed by atoms with van der Waals surface area (Å²) in [5, 5.41) is 0.683. The molecule has 3 aromatic carbocycles. The molecule has 0 N–H and O–H groups in total. The quantitative estimate of drug-likeness (QED) is 0.192. The van der Waals surface area contributed by atoms with Gasteiger partial charge in [-0.25, -0.2) is 9.97 Å². The maximum Gasteiger partial charge on any atom is 0.160 e. The summed E-state index contributed by atoms with van der Waals surface area (Å²) in [7, 11) is 0. The lowest BCUT2D eigenvalue weighted by molar-refractivity contribution is 0.223. The number of hydrogen-bond acceptors (Lipinski definition) is 5. The summed E-state index contributed by atoms with van der Waals surface area (Å²) in [6, 6.07) is 25.4. The predicted octanol–water partition coefficient (Wildman–Crippen LogP) is 7.93. The van der Waals surface area contributed by atoms with Crippen LogP contribution in [0.15, 0.2) is 78.9 Å². The van der Waals surface area contributed by atoms with E-state index in [1.165, 1.54) is 0 Å². The van der Waals surface area contributed by atoms with Crippen LogP contribution in [-0.4, -0.2) is 41.1 Å². The molecule has 0 aliphatic carbocycles. The molecule has 0 unspecified atom stereocenters. The Hall–Kier alpha value is -3.41. The average molecular weight is 516 g/mol. The number of nitrogens with zero attached hydrogens (tertiary/aromatic N) is 3. The molecule has 0 aliphatic rings. The molecular formula is C31H34ClN3O2. The van der Waals surface area contributed by atoms with E-state index in [2.05, 4.69) is 31.7 Å². The van der Waals surface area contributed by atoms with Crippen molar-refractivity contribution in [2.45, 2.75) is 33.6 Å². The molecule has 0 aliphatic heterocycles. The highest BCUT2D eigenvalue weighted by Crippen LogP contribution is 2.28. The van der Waals surface area contributed by atoms with Crippen molar-refractivity contribution in [2.75, 3.05) is 26.2 Å². The first kappa shape index (κ1) is 26.6. The number of likely N-dealkylation sites (N-methyl/N-ethyl adjacent to an activating group) is 1. The van der Waals surface area contributed by atoms with Gasteiger partial charge in [0.25, 0.3) is 0 Å². The minimum atomic E-state index is 0.672. The van der Waals surface area contributed by atoms with E-state index >= 15 is 0 Å². The number of ether oxygens (including phenoxy) is 2. The second-order valence-corrected chi connectivity index (χ2v) is 9.23. The molecule has 5 nitrogen and oxygen atoms in total. The number of benzene rings is 3. The third kappa shape index (κ3) is 7.54. The van der Waals surface area contributed by atoms with E-state index in [4.69, 9.17) is 31.0 Å². The zero-order valence-corrected chi connectivity index (χ0v) is 22.5. The number of halogens is 1. The van der Waals surface area contributed by atoms with Gasteiger partial charge < -0.3 is 14.4 Å². The van der Waals surface area contributed by atoms with E-state index in [1.54, 1.807) is 0 Å². The molecular weight excluding hydrogens is 482 g/mol. The Kier molecular flexibility index (Phi) is 9.52. The summed E-state index contributed by atoms with van der Waals surface area (Å²) in [5.41, 5.74) is 3.91. The van der Waals surface area contributed by atoms with Crippen LogP contribution in [0, 0.1) is 0 Å². The fourth-order valence-electron chi connectivity index (χ4n) is 4.02. The highest BCUT2D eigenvalue weighted by molar-refractivity contribution is 6.30. The van der Waals surface area contributed by atoms with Crippen molar-refractivity contribution in [1.29, 1.82) is 0 Å². The van der Waals surface area contributed by atoms with Gasteiger partial charge in [-0.1, -0.05) is 38.8 Å². The number of aromatic nitrogens is 2. The molecule has 0 radical (unpaired) electrons. The monoisotopic (exact) mass is 515 g/mol. The number of rotatable bonds is 12. The predicted molar refractivity (Wildman–Crippen MR) is 152 cm³/mol. The minimum Gasteiger partial charge on any atom is -0.492 e. The molecule has 0 amide bonds. The standard InChI is InChI=1S/C31H34ClN3O2/c1-4-7-26-22-30(23-8-16-28(17-9-23)37-29-18-12-25(32)13-19-29)34-31(33-26)24-10-14-27(15-11-24)36-21-20-35(5-2)6-3/h8-19,22H,4-7,20-21H2,1-3H3. The van der Waals surface area contributed by atoms with Crippen LogP contribution in [0.3, 0.4) is 0 Å². The zero-order chi connectivity index (χ0) is 26.0. The summed E-state index contributed by atoms with van der Waals surface area (Å²) in [4.78, 5) is 12.1. The maximum absolute atomic E-state index is 5.97. The van der Waals surface area contributed by atoms with Crippen molar-refractivity contribution < 1.29 is 9.47 Å². The van der Waals surface area contributed by atoms with Crippen LogP contribution in [0.5, 0.6) is 17.2 Å². The average Bonchev–Trinajstić information content (AvgIpc) is 2.93. The SMILES string of the molecule is CCCc1cc(-c2ccc(Oc3ccc(Cl)cc3)cc2)nc(-c2ccc(OCCN(CC)CC)cc2)n1. The van der Waals surface area contributed by atoms with Crippen LogP contribution in [0.4, 0.5) is 0 Å². The van der Waals surface area contributed by atoms with Gasteiger partial charge >= 0.3 is 0 Å². The second kappa shape index (κ2) is 13.2. The van der Waals surface area contributed by atoms with Gasteiger partial charge in [0.15, 0.2) is 5.82 Å². The largest absolute Gasteiger partial charge is 0.492 e. The van der Waals surface area contributed by atoms with E-state index < -0.39 is 0 Å². The summed E-state index contributed by atoms with van der Waals surface area (Å²) >= 11 is 5.97. The highest BCUT2D eigenvalue weighted by atomic mass is 35.5. The molecule has 6 heteroatoms. The molecule has 4 aromatic rings. The first-order valence-corrected chi connectivity index (χ1v) is 13.3. The molecule has 192 valence electrons. The van der Waals surface area contributed by atoms with Crippen molar-refractivity contribution in [3.8, 4) is 39.9 Å². The molecule has 0 saturated carbocycles. The molecule has 0 atom stereocenters. The molecule has 0 spiro atoms. The van der Waals surface area contributed by atoms with Gasteiger partial charge in [0.1, 0.15) is 23.9 Å². The maximum atomic E-state index is 5.97. The lowest BCUT2D eigenvalue weighted by Gasteiger charge is -2.18. The molecule has 0 fully saturated rings. The van der Waals surface area contributed by atoms with Crippen molar-refractivity contribution in [3.63, 3.8) is 0 Å². The number of hydrogen-bond donors (Lipinski definition) is 0. The van der Waals surface area contributed by atoms with E-state index in [0.29, 0.717) is 11.6 Å². The minimum absolute atomic E-state index is 0.672. The Morgan fingerprint density at radius 1 is 0.730 bits per heavy atom. The molecule has 0 bridgehead atoms. The number of aryl methyl sites for hydroxylation is 1. The molecule has 1 heterocycles. The fourth-order valence-corrected chi connectivity index (χ4v) is 4.15. The van der Waals surface area contributed by atoms with Gasteiger partial charge in [0, 0.05) is 28.4 Å². The Bertz CT molecular complexity index is 1260. The topological polar surface area (TPSA) is 47.5 Å². The van der Waals surface area contributed by atoms with Gasteiger partial charge in [-0.05, 0) is 98.4 Å². The molecule has 0 saturated heterocycles. The Morgan fingerprint density at radius 2 is 1.32 bits per heavy atom. The van der Waals surface area contributed by atoms with E-state index in [1.807, 2.05) is 72.8 Å². The van der Waals surface area contributed by atoms with Gasteiger partial charge in [-0.3, -0.25) is 0 Å². The van der Waals surface area contributed by atoms with E-state index in [-0.39, 0.29) is 0 Å². The first-order valence-electron chi connectivity index (χ1n) is 12.9. The Balaban J connectivity index is 1.50. The van der Waals surface area contributed by atoms with E-state index in [0.717, 1.165) is 78.1 Å². The van der Waals surface area contributed by atoms with Crippen molar-refractivity contribution in [1.82, 2.24) is 14.9 Å². The highest BCUT2D eigenvalue weighted by Gasteiger charge is 2.10. The van der Waals surface area contributed by atoms with Crippen molar-refractivity contribution in [2.24, 2.45) is 0 Å². The van der Waals surface area contributed by atoms with Crippen LogP contribution in [-0.2, 0) is 6.42 Å². The summed E-state index contributed by atoms with van der Waals surface area (Å²) < 4.78 is 11.9. The lowest BCUT2D eigenvalue weighted by atomic mass is 10.1. The van der Waals surface area contributed by atoms with E-state index in [9.17, 15) is 0 Å². The summed E-state index contributed by atoms with van der Waals surface area (Å²) in [6.07, 6.45) is 1.91. The normalized spacial score (nSPS) is 11.1.